The summed E-state index contributed by atoms with van der Waals surface area (Å²) in [6.07, 6.45) is 1.81. The summed E-state index contributed by atoms with van der Waals surface area (Å²) in [4.78, 5) is 16.8. The second-order valence-electron chi connectivity index (χ2n) is 6.22. The number of benzene rings is 2. The van der Waals surface area contributed by atoms with Gasteiger partial charge in [-0.15, -0.1) is 0 Å². The molecule has 0 aliphatic heterocycles. The number of carbonyl (C=O) groups excluding carboxylic acids is 1. The first-order chi connectivity index (χ1) is 12.0. The van der Waals surface area contributed by atoms with Crippen LogP contribution in [0.3, 0.4) is 0 Å². The molecular weight excluding hydrogens is 357 g/mol. The van der Waals surface area contributed by atoms with Crippen molar-refractivity contribution in [3.63, 3.8) is 0 Å². The van der Waals surface area contributed by atoms with E-state index in [1.165, 1.54) is 0 Å². The van der Waals surface area contributed by atoms with E-state index in [9.17, 15) is 4.79 Å². The van der Waals surface area contributed by atoms with Crippen LogP contribution in [0.25, 0.3) is 0 Å². The number of aliphatic imine (C=N–C) groups is 1. The van der Waals surface area contributed by atoms with E-state index in [-0.39, 0.29) is 11.7 Å². The van der Waals surface area contributed by atoms with E-state index in [0.717, 1.165) is 29.0 Å². The Kier molecular flexibility index (Phi) is 5.77. The molecule has 0 saturated heterocycles. The first-order valence-corrected chi connectivity index (χ1v) is 8.92. The van der Waals surface area contributed by atoms with Gasteiger partial charge in [0.05, 0.1) is 23.7 Å². The van der Waals surface area contributed by atoms with Gasteiger partial charge >= 0.3 is 0 Å². The van der Waals surface area contributed by atoms with E-state index in [0.29, 0.717) is 29.4 Å². The zero-order valence-corrected chi connectivity index (χ0v) is 15.5. The molecule has 0 bridgehead atoms. The Hall–Kier alpha value is -1.84. The Labute approximate surface area is 157 Å². The van der Waals surface area contributed by atoms with Gasteiger partial charge in [-0.2, -0.15) is 0 Å². The van der Waals surface area contributed by atoms with Gasteiger partial charge in [-0.05, 0) is 47.7 Å². The quantitative estimate of drug-likeness (QED) is 0.709. The lowest BCUT2D eigenvalue weighted by molar-refractivity contribution is -0.118. The summed E-state index contributed by atoms with van der Waals surface area (Å²) < 4.78 is 5.19. The second-order valence-corrected chi connectivity index (χ2v) is 7.04. The van der Waals surface area contributed by atoms with Gasteiger partial charge < -0.3 is 4.74 Å². The van der Waals surface area contributed by atoms with Gasteiger partial charge in [-0.1, -0.05) is 41.4 Å². The second kappa shape index (κ2) is 8.03. The van der Waals surface area contributed by atoms with Crippen molar-refractivity contribution in [3.8, 4) is 5.75 Å². The summed E-state index contributed by atoms with van der Waals surface area (Å²) in [5.74, 6) is 1.24. The Bertz CT molecular complexity index is 800. The average molecular weight is 376 g/mol. The number of rotatable bonds is 4. The van der Waals surface area contributed by atoms with Gasteiger partial charge in [-0.25, -0.2) is 0 Å². The Morgan fingerprint density at radius 3 is 2.52 bits per heavy atom. The van der Waals surface area contributed by atoms with E-state index >= 15 is 0 Å². The van der Waals surface area contributed by atoms with E-state index < -0.39 is 0 Å². The minimum Gasteiger partial charge on any atom is -0.497 e. The number of carbonyl (C=O) groups is 1. The number of halogens is 2. The standard InChI is InChI=1S/C20H19Cl2NO2/c1-25-18-5-3-14(4-6-18)15-9-16(11-17(24)10-15)23-12-13-2-7-19(21)20(22)8-13/h2-8,15H,9-12H2,1H3/t15-/m0/s1. The molecule has 25 heavy (non-hydrogen) atoms. The van der Waals surface area contributed by atoms with Crippen molar-refractivity contribution in [3.05, 3.63) is 63.6 Å². The molecule has 1 fully saturated rings. The molecule has 2 aromatic rings. The van der Waals surface area contributed by atoms with Gasteiger partial charge in [0.25, 0.3) is 0 Å². The fourth-order valence-electron chi connectivity index (χ4n) is 3.08. The van der Waals surface area contributed by atoms with E-state index in [1.54, 1.807) is 13.2 Å². The lowest BCUT2D eigenvalue weighted by Crippen LogP contribution is -2.21. The van der Waals surface area contributed by atoms with Gasteiger partial charge in [0, 0.05) is 18.6 Å². The summed E-state index contributed by atoms with van der Waals surface area (Å²) in [6.45, 7) is 0.509. The van der Waals surface area contributed by atoms with Gasteiger partial charge in [0.2, 0.25) is 0 Å². The lowest BCUT2D eigenvalue weighted by Gasteiger charge is -2.23. The number of methoxy groups -OCH3 is 1. The third-order valence-corrected chi connectivity index (χ3v) is 5.15. The maximum Gasteiger partial charge on any atom is 0.139 e. The van der Waals surface area contributed by atoms with Gasteiger partial charge in [0.1, 0.15) is 11.5 Å². The fraction of sp³-hybridized carbons (Fsp3) is 0.300. The monoisotopic (exact) mass is 375 g/mol. The number of nitrogens with zero attached hydrogens (tertiary/aromatic N) is 1. The molecule has 0 N–H and O–H groups in total. The van der Waals surface area contributed by atoms with Crippen LogP contribution in [0.5, 0.6) is 5.75 Å². The normalized spacial score (nSPS) is 19.2. The highest BCUT2D eigenvalue weighted by atomic mass is 35.5. The van der Waals surface area contributed by atoms with Crippen LogP contribution in [0.15, 0.2) is 47.5 Å². The summed E-state index contributed by atoms with van der Waals surface area (Å²) >= 11 is 12.0. The molecule has 0 radical (unpaired) electrons. The molecule has 3 rings (SSSR count). The third kappa shape index (κ3) is 4.62. The molecule has 5 heteroatoms. The number of ketones is 1. The summed E-state index contributed by atoms with van der Waals surface area (Å²) in [6, 6.07) is 13.4. The highest BCUT2D eigenvalue weighted by Crippen LogP contribution is 2.31. The Morgan fingerprint density at radius 1 is 1.08 bits per heavy atom. The summed E-state index contributed by atoms with van der Waals surface area (Å²) in [7, 11) is 1.65. The van der Waals surface area contributed by atoms with Crippen molar-refractivity contribution in [2.45, 2.75) is 31.7 Å². The van der Waals surface area contributed by atoms with Gasteiger partial charge in [-0.3, -0.25) is 9.79 Å². The SMILES string of the molecule is COc1ccc([C@@H]2CC(=O)CC(=NCc3ccc(Cl)c(Cl)c3)C2)cc1. The smallest absolute Gasteiger partial charge is 0.139 e. The maximum absolute atomic E-state index is 12.1. The molecule has 130 valence electrons. The number of hydrogen-bond acceptors (Lipinski definition) is 3. The highest BCUT2D eigenvalue weighted by Gasteiger charge is 2.25. The molecule has 0 aromatic heterocycles. The molecule has 0 heterocycles. The topological polar surface area (TPSA) is 38.7 Å². The molecule has 0 unspecified atom stereocenters. The van der Waals surface area contributed by atoms with Crippen LogP contribution in [0, 0.1) is 0 Å². The maximum atomic E-state index is 12.1. The van der Waals surface area contributed by atoms with Crippen LogP contribution >= 0.6 is 23.2 Å². The largest absolute Gasteiger partial charge is 0.497 e. The van der Waals surface area contributed by atoms with Crippen LogP contribution in [0.4, 0.5) is 0 Å². The van der Waals surface area contributed by atoms with Gasteiger partial charge in [0.15, 0.2) is 0 Å². The molecule has 1 saturated carbocycles. The number of ether oxygens (including phenoxy) is 1. The van der Waals surface area contributed by atoms with Crippen LogP contribution < -0.4 is 4.74 Å². The summed E-state index contributed by atoms with van der Waals surface area (Å²) in [5, 5.41) is 1.06. The van der Waals surface area contributed by atoms with E-state index in [2.05, 4.69) is 4.99 Å². The summed E-state index contributed by atoms with van der Waals surface area (Å²) in [5.41, 5.74) is 3.08. The molecular formula is C20H19Cl2NO2. The molecule has 2 aromatic carbocycles. The van der Waals surface area contributed by atoms with Crippen LogP contribution in [-0.4, -0.2) is 18.6 Å². The van der Waals surface area contributed by atoms with Crippen LogP contribution in [-0.2, 0) is 11.3 Å². The predicted octanol–water partition coefficient (Wildman–Crippen LogP) is 5.48. The molecule has 0 amide bonds. The average Bonchev–Trinajstić information content (AvgIpc) is 2.62. The predicted molar refractivity (Wildman–Crippen MR) is 102 cm³/mol. The molecule has 1 atom stereocenters. The Morgan fingerprint density at radius 2 is 1.84 bits per heavy atom. The lowest BCUT2D eigenvalue weighted by atomic mass is 9.82. The third-order valence-electron chi connectivity index (χ3n) is 4.41. The minimum absolute atomic E-state index is 0.180. The van der Waals surface area contributed by atoms with Crippen molar-refractivity contribution in [2.24, 2.45) is 4.99 Å². The Balaban J connectivity index is 1.72. The van der Waals surface area contributed by atoms with Crippen molar-refractivity contribution in [1.29, 1.82) is 0 Å². The number of Topliss-reactive ketones (excluding diaryl/α,β-unsaturated/α-hetero) is 1. The van der Waals surface area contributed by atoms with Crippen molar-refractivity contribution in [2.75, 3.05) is 7.11 Å². The fourth-order valence-corrected chi connectivity index (χ4v) is 3.40. The first-order valence-electron chi connectivity index (χ1n) is 8.17. The zero-order valence-electron chi connectivity index (χ0n) is 14.0. The van der Waals surface area contributed by atoms with Crippen molar-refractivity contribution >= 4 is 34.7 Å². The van der Waals surface area contributed by atoms with Crippen LogP contribution in [0.2, 0.25) is 10.0 Å². The van der Waals surface area contributed by atoms with Crippen molar-refractivity contribution < 1.29 is 9.53 Å². The van der Waals surface area contributed by atoms with E-state index in [1.807, 2.05) is 36.4 Å². The molecule has 1 aliphatic rings. The molecule has 3 nitrogen and oxygen atoms in total. The van der Waals surface area contributed by atoms with Crippen LogP contribution in [0.1, 0.15) is 36.3 Å². The highest BCUT2D eigenvalue weighted by molar-refractivity contribution is 6.42. The number of hydrogen-bond donors (Lipinski definition) is 0. The zero-order chi connectivity index (χ0) is 17.8. The van der Waals surface area contributed by atoms with E-state index in [4.69, 9.17) is 27.9 Å². The molecule has 1 aliphatic carbocycles. The van der Waals surface area contributed by atoms with Crippen molar-refractivity contribution in [1.82, 2.24) is 0 Å². The molecule has 0 spiro atoms. The minimum atomic E-state index is 0.180. The first kappa shape index (κ1) is 18.0.